The molecule has 0 bridgehead atoms. The average molecular weight is 251 g/mol. The summed E-state index contributed by atoms with van der Waals surface area (Å²) < 4.78 is 7.31. The van der Waals surface area contributed by atoms with E-state index in [1.54, 1.807) is 12.5 Å². The summed E-state index contributed by atoms with van der Waals surface area (Å²) in [5.41, 5.74) is 1.09. The molecular formula is C11H13N3O4. The Kier molecular flexibility index (Phi) is 5.17. The SMILES string of the molecule is CCOc1ccc(-n2ccnc2)cc1.O=[N+]([O-])O. The Bertz CT molecular complexity index is 464. The van der Waals surface area contributed by atoms with Gasteiger partial charge in [-0.1, -0.05) is 0 Å². The highest BCUT2D eigenvalue weighted by atomic mass is 16.9. The van der Waals surface area contributed by atoms with Crippen LogP contribution in [0.3, 0.4) is 0 Å². The Morgan fingerprint density at radius 3 is 2.50 bits per heavy atom. The molecule has 7 heteroatoms. The van der Waals surface area contributed by atoms with Gasteiger partial charge in [0.2, 0.25) is 0 Å². The highest BCUT2D eigenvalue weighted by molar-refractivity contribution is 5.37. The van der Waals surface area contributed by atoms with Crippen molar-refractivity contribution in [3.8, 4) is 11.4 Å². The van der Waals surface area contributed by atoms with Gasteiger partial charge in [-0.25, -0.2) is 4.98 Å². The molecule has 7 nitrogen and oxygen atoms in total. The van der Waals surface area contributed by atoms with Gasteiger partial charge in [-0.3, -0.25) is 0 Å². The molecule has 0 unspecified atom stereocenters. The highest BCUT2D eigenvalue weighted by Crippen LogP contribution is 2.14. The van der Waals surface area contributed by atoms with Crippen molar-refractivity contribution in [1.82, 2.24) is 9.55 Å². The first-order valence-electron chi connectivity index (χ1n) is 5.18. The smallest absolute Gasteiger partial charge is 0.291 e. The molecular weight excluding hydrogens is 238 g/mol. The number of rotatable bonds is 3. The van der Waals surface area contributed by atoms with Crippen LogP contribution < -0.4 is 4.74 Å². The molecule has 0 atom stereocenters. The van der Waals surface area contributed by atoms with Crippen LogP contribution >= 0.6 is 0 Å². The minimum Gasteiger partial charge on any atom is -0.494 e. The van der Waals surface area contributed by atoms with Gasteiger partial charge in [-0.15, -0.1) is 10.1 Å². The number of nitrogens with zero attached hydrogens (tertiary/aromatic N) is 3. The van der Waals surface area contributed by atoms with E-state index < -0.39 is 5.09 Å². The van der Waals surface area contributed by atoms with Crippen molar-refractivity contribution >= 4 is 0 Å². The standard InChI is InChI=1S/C11H12N2O.HNO3/c1-2-14-11-5-3-10(4-6-11)13-8-7-12-9-13;2-1(3)4/h3-9H,2H2,1H3;(H,2,3,4). The summed E-state index contributed by atoms with van der Waals surface area (Å²) in [5.74, 6) is 0.899. The molecule has 2 aromatic rings. The van der Waals surface area contributed by atoms with E-state index >= 15 is 0 Å². The van der Waals surface area contributed by atoms with E-state index in [4.69, 9.17) is 20.1 Å². The maximum atomic E-state index is 8.36. The number of hydrogen-bond donors (Lipinski definition) is 1. The van der Waals surface area contributed by atoms with Crippen LogP contribution in [0, 0.1) is 10.1 Å². The summed E-state index contributed by atoms with van der Waals surface area (Å²) in [6.07, 6.45) is 5.45. The van der Waals surface area contributed by atoms with E-state index in [0.717, 1.165) is 11.4 Å². The lowest BCUT2D eigenvalue weighted by Crippen LogP contribution is -1.93. The van der Waals surface area contributed by atoms with E-state index in [2.05, 4.69) is 4.98 Å². The molecule has 1 heterocycles. The molecule has 1 aromatic carbocycles. The topological polar surface area (TPSA) is 90.4 Å². The first kappa shape index (κ1) is 13.5. The molecule has 1 N–H and O–H groups in total. The van der Waals surface area contributed by atoms with Crippen LogP contribution in [0.1, 0.15) is 6.92 Å². The zero-order chi connectivity index (χ0) is 13.4. The minimum absolute atomic E-state index is 0.699. The van der Waals surface area contributed by atoms with Crippen molar-refractivity contribution in [2.45, 2.75) is 6.92 Å². The van der Waals surface area contributed by atoms with Crippen LogP contribution in [0.4, 0.5) is 0 Å². The number of hydrogen-bond acceptors (Lipinski definition) is 4. The second-order valence-corrected chi connectivity index (χ2v) is 3.13. The molecule has 0 aliphatic rings. The lowest BCUT2D eigenvalue weighted by Gasteiger charge is -2.04. The molecule has 0 saturated heterocycles. The summed E-state index contributed by atoms with van der Waals surface area (Å²) >= 11 is 0. The third-order valence-electron chi connectivity index (χ3n) is 1.95. The second kappa shape index (κ2) is 6.89. The van der Waals surface area contributed by atoms with Gasteiger partial charge < -0.3 is 14.5 Å². The lowest BCUT2D eigenvalue weighted by atomic mass is 10.3. The first-order valence-corrected chi connectivity index (χ1v) is 5.18. The summed E-state index contributed by atoms with van der Waals surface area (Å²) in [5, 5.41) is 13.6. The number of aromatic nitrogens is 2. The van der Waals surface area contributed by atoms with Crippen LogP contribution in [-0.2, 0) is 0 Å². The predicted molar refractivity (Wildman–Crippen MR) is 63.5 cm³/mol. The third-order valence-corrected chi connectivity index (χ3v) is 1.95. The van der Waals surface area contributed by atoms with E-state index in [1.807, 2.05) is 42.0 Å². The molecule has 1 aromatic heterocycles. The van der Waals surface area contributed by atoms with Crippen LogP contribution in [0.25, 0.3) is 5.69 Å². The Hall–Kier alpha value is -2.57. The van der Waals surface area contributed by atoms with Crippen LogP contribution in [-0.4, -0.2) is 26.5 Å². The Balaban J connectivity index is 0.000000357. The molecule has 2 rings (SSSR count). The molecule has 18 heavy (non-hydrogen) atoms. The van der Waals surface area contributed by atoms with Gasteiger partial charge in [0.25, 0.3) is 5.09 Å². The Morgan fingerprint density at radius 2 is 2.06 bits per heavy atom. The monoisotopic (exact) mass is 251 g/mol. The van der Waals surface area contributed by atoms with E-state index in [0.29, 0.717) is 6.61 Å². The van der Waals surface area contributed by atoms with Gasteiger partial charge >= 0.3 is 0 Å². The predicted octanol–water partition coefficient (Wildman–Crippen LogP) is 1.92. The molecule has 0 radical (unpaired) electrons. The van der Waals surface area contributed by atoms with Crippen molar-refractivity contribution < 1.29 is 15.0 Å². The fourth-order valence-corrected chi connectivity index (χ4v) is 1.29. The van der Waals surface area contributed by atoms with Gasteiger partial charge in [0.15, 0.2) is 0 Å². The maximum absolute atomic E-state index is 8.36. The van der Waals surface area contributed by atoms with Crippen LogP contribution in [0.15, 0.2) is 43.0 Å². The largest absolute Gasteiger partial charge is 0.494 e. The van der Waals surface area contributed by atoms with Crippen molar-refractivity contribution in [2.75, 3.05) is 6.61 Å². The van der Waals surface area contributed by atoms with Gasteiger partial charge in [0.05, 0.1) is 12.9 Å². The Labute approximate surface area is 103 Å². The van der Waals surface area contributed by atoms with E-state index in [9.17, 15) is 0 Å². The van der Waals surface area contributed by atoms with Crippen molar-refractivity contribution in [3.05, 3.63) is 53.1 Å². The van der Waals surface area contributed by atoms with E-state index in [-0.39, 0.29) is 0 Å². The number of imidazole rings is 1. The fourth-order valence-electron chi connectivity index (χ4n) is 1.29. The highest BCUT2D eigenvalue weighted by Gasteiger charge is 1.95. The fraction of sp³-hybridized carbons (Fsp3) is 0.182. The van der Waals surface area contributed by atoms with Gasteiger partial charge in [0, 0.05) is 18.1 Å². The lowest BCUT2D eigenvalue weighted by molar-refractivity contribution is -0.742. The van der Waals surface area contributed by atoms with Gasteiger partial charge in [0.1, 0.15) is 5.75 Å². The normalized spacial score (nSPS) is 9.17. The third kappa shape index (κ3) is 4.52. The zero-order valence-electron chi connectivity index (χ0n) is 9.76. The number of benzene rings is 1. The van der Waals surface area contributed by atoms with Crippen LogP contribution in [0.5, 0.6) is 5.75 Å². The maximum Gasteiger partial charge on any atom is 0.291 e. The first-order chi connectivity index (χ1) is 8.63. The van der Waals surface area contributed by atoms with Crippen molar-refractivity contribution in [3.63, 3.8) is 0 Å². The molecule has 96 valence electrons. The van der Waals surface area contributed by atoms with Crippen molar-refractivity contribution in [1.29, 1.82) is 0 Å². The summed E-state index contributed by atoms with van der Waals surface area (Å²) in [4.78, 5) is 12.4. The minimum atomic E-state index is -1.50. The quantitative estimate of drug-likeness (QED) is 0.664. The summed E-state index contributed by atoms with van der Waals surface area (Å²) in [6, 6.07) is 7.93. The van der Waals surface area contributed by atoms with Gasteiger partial charge in [-0.05, 0) is 31.2 Å². The number of ether oxygens (including phenoxy) is 1. The zero-order valence-corrected chi connectivity index (χ0v) is 9.76. The molecule has 0 aliphatic carbocycles. The molecule has 0 fully saturated rings. The van der Waals surface area contributed by atoms with E-state index in [1.165, 1.54) is 0 Å². The van der Waals surface area contributed by atoms with Crippen LogP contribution in [0.2, 0.25) is 0 Å². The molecule has 0 amide bonds. The molecule has 0 spiro atoms. The average Bonchev–Trinajstić information content (AvgIpc) is 2.83. The van der Waals surface area contributed by atoms with Gasteiger partial charge in [-0.2, -0.15) is 0 Å². The summed E-state index contributed by atoms with van der Waals surface area (Å²) in [6.45, 7) is 2.67. The second-order valence-electron chi connectivity index (χ2n) is 3.13. The molecule has 0 aliphatic heterocycles. The Morgan fingerprint density at radius 1 is 1.44 bits per heavy atom. The summed E-state index contributed by atoms with van der Waals surface area (Å²) in [7, 11) is 0. The molecule has 0 saturated carbocycles. The van der Waals surface area contributed by atoms with Crippen molar-refractivity contribution in [2.24, 2.45) is 0 Å².